The second kappa shape index (κ2) is 8.80. The lowest BCUT2D eigenvalue weighted by molar-refractivity contribution is -0.158. The van der Waals surface area contributed by atoms with Gasteiger partial charge in [-0.3, -0.25) is 4.79 Å². The quantitative estimate of drug-likeness (QED) is 0.230. The Balaban J connectivity index is 2.89. The van der Waals surface area contributed by atoms with Gasteiger partial charge in [0.05, 0.1) is 0 Å². The molecular weight excluding hydrogens is 325 g/mol. The van der Waals surface area contributed by atoms with Gasteiger partial charge >= 0.3 is 5.97 Å². The number of rotatable bonds is 7. The molecule has 0 fully saturated rings. The van der Waals surface area contributed by atoms with Crippen LogP contribution in [-0.4, -0.2) is 28.7 Å². The summed E-state index contributed by atoms with van der Waals surface area (Å²) in [4.78, 5) is 12.4. The summed E-state index contributed by atoms with van der Waals surface area (Å²) in [5.41, 5.74) is 5.79. The van der Waals surface area contributed by atoms with E-state index in [1.54, 1.807) is 6.07 Å². The number of nitrogens with two attached hydrogens (primary N) is 1. The van der Waals surface area contributed by atoms with E-state index < -0.39 is 17.5 Å². The van der Waals surface area contributed by atoms with Crippen molar-refractivity contribution in [2.75, 3.05) is 0 Å². The average Bonchev–Trinajstić information content (AvgIpc) is 2.47. The van der Waals surface area contributed by atoms with Crippen molar-refractivity contribution in [2.24, 2.45) is 16.8 Å². The average molecular weight is 353 g/mol. The van der Waals surface area contributed by atoms with E-state index in [-0.39, 0.29) is 29.8 Å². The van der Waals surface area contributed by atoms with Gasteiger partial charge in [0.15, 0.2) is 5.84 Å². The molecule has 0 radical (unpaired) electrons. The van der Waals surface area contributed by atoms with Crippen molar-refractivity contribution < 1.29 is 19.1 Å². The number of amidine groups is 1. The Morgan fingerprint density at radius 3 is 2.52 bits per heavy atom. The van der Waals surface area contributed by atoms with Gasteiger partial charge in [0.2, 0.25) is 0 Å². The normalized spacial score (nSPS) is 13.8. The predicted octanol–water partition coefficient (Wildman–Crippen LogP) is 2.77. The number of ether oxygens (including phenoxy) is 1. The van der Waals surface area contributed by atoms with Crippen molar-refractivity contribution in [3.05, 3.63) is 35.1 Å². The van der Waals surface area contributed by atoms with E-state index in [4.69, 9.17) is 15.7 Å². The van der Waals surface area contributed by atoms with Crippen LogP contribution < -0.4 is 11.1 Å². The van der Waals surface area contributed by atoms with Crippen molar-refractivity contribution >= 4 is 11.8 Å². The van der Waals surface area contributed by atoms with Crippen LogP contribution in [-0.2, 0) is 16.1 Å². The van der Waals surface area contributed by atoms with Gasteiger partial charge in [-0.25, -0.2) is 4.39 Å². The molecule has 0 spiro atoms. The number of halogens is 1. The highest BCUT2D eigenvalue weighted by atomic mass is 19.1. The lowest BCUT2D eigenvalue weighted by Gasteiger charge is -2.25. The Morgan fingerprint density at radius 1 is 1.36 bits per heavy atom. The number of hydrogen-bond donors (Lipinski definition) is 3. The number of hydrogen-bond acceptors (Lipinski definition) is 5. The van der Waals surface area contributed by atoms with Crippen molar-refractivity contribution in [1.29, 1.82) is 0 Å². The fraction of sp³-hybridized carbons (Fsp3) is 0.556. The highest BCUT2D eigenvalue weighted by Crippen LogP contribution is 2.14. The van der Waals surface area contributed by atoms with Crippen LogP contribution in [0.25, 0.3) is 0 Å². The Hall–Kier alpha value is -2.15. The molecule has 1 atom stereocenters. The lowest BCUT2D eigenvalue weighted by Crippen LogP contribution is -2.41. The maximum atomic E-state index is 13.7. The Kier molecular flexibility index (Phi) is 7.36. The topological polar surface area (TPSA) is 96.9 Å². The molecular formula is C18H28FN3O3. The van der Waals surface area contributed by atoms with Crippen molar-refractivity contribution in [3.8, 4) is 0 Å². The summed E-state index contributed by atoms with van der Waals surface area (Å²) in [6.45, 7) is 9.71. The third kappa shape index (κ3) is 7.51. The van der Waals surface area contributed by atoms with Gasteiger partial charge in [0.25, 0.3) is 0 Å². The van der Waals surface area contributed by atoms with Crippen LogP contribution in [0.1, 0.15) is 52.2 Å². The minimum Gasteiger partial charge on any atom is -0.459 e. The molecule has 140 valence electrons. The van der Waals surface area contributed by atoms with Gasteiger partial charge in [0, 0.05) is 12.1 Å². The number of nitrogens with one attached hydrogen (secondary N) is 1. The van der Waals surface area contributed by atoms with Crippen molar-refractivity contribution in [1.82, 2.24) is 5.32 Å². The number of oxime groups is 1. The molecule has 1 unspecified atom stereocenters. The predicted molar refractivity (Wildman–Crippen MR) is 94.8 cm³/mol. The smallest absolute Gasteiger partial charge is 0.323 e. The number of nitrogens with zero attached hydrogens (tertiary/aromatic N) is 1. The largest absolute Gasteiger partial charge is 0.459 e. The third-order valence-electron chi connectivity index (χ3n) is 3.31. The maximum absolute atomic E-state index is 13.7. The summed E-state index contributed by atoms with van der Waals surface area (Å²) in [5, 5.41) is 14.7. The number of esters is 1. The van der Waals surface area contributed by atoms with Gasteiger partial charge in [-0.1, -0.05) is 19.0 Å². The SMILES string of the molecule is CC(C)CC(NCc1cc(F)cc(C(N)=NO)c1)C(=O)OC(C)(C)C. The fourth-order valence-electron chi connectivity index (χ4n) is 2.31. The van der Waals surface area contributed by atoms with Crippen LogP contribution in [0.4, 0.5) is 4.39 Å². The van der Waals surface area contributed by atoms with Crippen LogP contribution in [0.5, 0.6) is 0 Å². The first kappa shape index (κ1) is 20.9. The molecule has 0 saturated heterocycles. The molecule has 25 heavy (non-hydrogen) atoms. The number of carbonyl (C=O) groups excluding carboxylic acids is 1. The van der Waals surface area contributed by atoms with Crippen LogP contribution >= 0.6 is 0 Å². The monoisotopic (exact) mass is 353 g/mol. The molecule has 6 nitrogen and oxygen atoms in total. The van der Waals surface area contributed by atoms with E-state index in [9.17, 15) is 9.18 Å². The Bertz CT molecular complexity index is 624. The maximum Gasteiger partial charge on any atom is 0.323 e. The lowest BCUT2D eigenvalue weighted by atomic mass is 10.0. The highest BCUT2D eigenvalue weighted by Gasteiger charge is 2.25. The third-order valence-corrected chi connectivity index (χ3v) is 3.31. The van der Waals surface area contributed by atoms with E-state index in [2.05, 4.69) is 10.5 Å². The second-order valence-electron chi connectivity index (χ2n) is 7.43. The number of carbonyl (C=O) groups is 1. The zero-order valence-electron chi connectivity index (χ0n) is 15.5. The number of benzene rings is 1. The molecule has 4 N–H and O–H groups in total. The van der Waals surface area contributed by atoms with E-state index in [0.29, 0.717) is 12.0 Å². The molecule has 0 bridgehead atoms. The molecule has 0 saturated carbocycles. The molecule has 1 rings (SSSR count). The fourth-order valence-corrected chi connectivity index (χ4v) is 2.31. The summed E-state index contributed by atoms with van der Waals surface area (Å²) in [5.74, 6) is -0.732. The van der Waals surface area contributed by atoms with E-state index in [1.165, 1.54) is 12.1 Å². The first-order chi connectivity index (χ1) is 11.5. The Morgan fingerprint density at radius 2 is 2.00 bits per heavy atom. The van der Waals surface area contributed by atoms with Gasteiger partial charge in [-0.15, -0.1) is 0 Å². The van der Waals surface area contributed by atoms with Crippen molar-refractivity contribution in [3.63, 3.8) is 0 Å². The zero-order valence-corrected chi connectivity index (χ0v) is 15.5. The molecule has 1 aromatic rings. The van der Waals surface area contributed by atoms with E-state index >= 15 is 0 Å². The van der Waals surface area contributed by atoms with Gasteiger partial charge in [0.1, 0.15) is 17.5 Å². The second-order valence-corrected chi connectivity index (χ2v) is 7.43. The van der Waals surface area contributed by atoms with Crippen molar-refractivity contribution in [2.45, 2.75) is 59.2 Å². The molecule has 0 aliphatic heterocycles. The summed E-state index contributed by atoms with van der Waals surface area (Å²) in [7, 11) is 0. The summed E-state index contributed by atoms with van der Waals surface area (Å²) < 4.78 is 19.2. The summed E-state index contributed by atoms with van der Waals surface area (Å²) >= 11 is 0. The van der Waals surface area contributed by atoms with Crippen LogP contribution in [0.2, 0.25) is 0 Å². The Labute approximate surface area is 148 Å². The van der Waals surface area contributed by atoms with Crippen LogP contribution in [0.3, 0.4) is 0 Å². The molecule has 0 aromatic heterocycles. The van der Waals surface area contributed by atoms with Crippen LogP contribution in [0, 0.1) is 11.7 Å². The standard InChI is InChI=1S/C18H28FN3O3/c1-11(2)6-15(17(23)25-18(3,4)5)21-10-12-7-13(16(20)22-24)9-14(19)8-12/h7-9,11,15,21,24H,6,10H2,1-5H3,(H2,20,22). The molecule has 0 aliphatic carbocycles. The summed E-state index contributed by atoms with van der Waals surface area (Å²) in [6, 6.07) is 3.61. The van der Waals surface area contributed by atoms with Crippen LogP contribution in [0.15, 0.2) is 23.4 Å². The molecule has 7 heteroatoms. The minimum absolute atomic E-state index is 0.174. The van der Waals surface area contributed by atoms with Gasteiger partial charge in [-0.2, -0.15) is 0 Å². The van der Waals surface area contributed by atoms with Gasteiger partial charge in [-0.05, 0) is 56.9 Å². The van der Waals surface area contributed by atoms with E-state index in [0.717, 1.165) is 0 Å². The molecule has 0 heterocycles. The minimum atomic E-state index is -0.577. The highest BCUT2D eigenvalue weighted by molar-refractivity contribution is 5.97. The van der Waals surface area contributed by atoms with E-state index in [1.807, 2.05) is 34.6 Å². The first-order valence-electron chi connectivity index (χ1n) is 8.25. The first-order valence-corrected chi connectivity index (χ1v) is 8.25. The van der Waals surface area contributed by atoms with Gasteiger partial charge < -0.3 is 21.0 Å². The summed E-state index contributed by atoms with van der Waals surface area (Å²) in [6.07, 6.45) is 0.595. The molecule has 0 amide bonds. The zero-order chi connectivity index (χ0) is 19.2. The molecule has 1 aromatic carbocycles. The molecule has 0 aliphatic rings.